The predicted octanol–water partition coefficient (Wildman–Crippen LogP) is 6.08. The average Bonchev–Trinajstić information content (AvgIpc) is 3.57. The highest BCUT2D eigenvalue weighted by Gasteiger charge is 2.64. The Hall–Kier alpha value is -2.22. The van der Waals surface area contributed by atoms with Crippen LogP contribution in [-0.4, -0.2) is 56.5 Å². The number of carbonyl (C=O) groups is 2. The number of hydrogen-bond acceptors (Lipinski definition) is 6. The predicted molar refractivity (Wildman–Crippen MR) is 174 cm³/mol. The first-order valence-electron chi connectivity index (χ1n) is 17.6. The van der Waals surface area contributed by atoms with E-state index < -0.39 is 24.4 Å². The fourth-order valence-electron chi connectivity index (χ4n) is 11.0. The largest absolute Gasteiger partial charge is 0.459 e. The van der Waals surface area contributed by atoms with Crippen LogP contribution in [-0.2, 0) is 20.7 Å². The van der Waals surface area contributed by atoms with E-state index >= 15 is 0 Å². The molecular weight excluding hydrogens is 566 g/mol. The van der Waals surface area contributed by atoms with Crippen LogP contribution in [0.5, 0.6) is 0 Å². The summed E-state index contributed by atoms with van der Waals surface area (Å²) < 4.78 is 6.03. The molecule has 45 heavy (non-hydrogen) atoms. The van der Waals surface area contributed by atoms with Crippen LogP contribution in [0.25, 0.3) is 10.9 Å². The first-order chi connectivity index (χ1) is 21.3. The second-order valence-corrected chi connectivity index (χ2v) is 16.3. The van der Waals surface area contributed by atoms with Crippen molar-refractivity contribution >= 4 is 22.7 Å². The van der Waals surface area contributed by atoms with E-state index in [0.717, 1.165) is 42.1 Å². The molecule has 4 aliphatic rings. The highest BCUT2D eigenvalue weighted by molar-refractivity contribution is 5.87. The van der Waals surface area contributed by atoms with Gasteiger partial charge in [0, 0.05) is 29.4 Å². The molecule has 13 atom stereocenters. The summed E-state index contributed by atoms with van der Waals surface area (Å²) >= 11 is 0. The number of rotatable bonds is 8. The number of aliphatic hydroxyl groups excluding tert-OH is 3. The summed E-state index contributed by atoms with van der Waals surface area (Å²) in [5.41, 5.74) is 1.53. The Balaban J connectivity index is 1.17. The number of benzene rings is 1. The van der Waals surface area contributed by atoms with Gasteiger partial charge in [-0.05, 0) is 102 Å². The lowest BCUT2D eigenvalue weighted by Crippen LogP contribution is -2.60. The Morgan fingerprint density at radius 3 is 2.47 bits per heavy atom. The molecule has 0 bridgehead atoms. The zero-order valence-electron chi connectivity index (χ0n) is 28.0. The van der Waals surface area contributed by atoms with E-state index in [1.165, 1.54) is 0 Å². The molecule has 248 valence electrons. The van der Waals surface area contributed by atoms with E-state index in [2.05, 4.69) is 39.6 Å². The average molecular weight is 622 g/mol. The van der Waals surface area contributed by atoms with Crippen molar-refractivity contribution in [3.05, 3.63) is 36.0 Å². The van der Waals surface area contributed by atoms with E-state index in [1.807, 2.05) is 37.4 Å². The van der Waals surface area contributed by atoms with Crippen LogP contribution >= 0.6 is 0 Å². The number of aromatic amines is 1. The number of aliphatic hydroxyl groups is 3. The van der Waals surface area contributed by atoms with Crippen molar-refractivity contribution in [3.8, 4) is 0 Å². The molecule has 1 heterocycles. The van der Waals surface area contributed by atoms with Gasteiger partial charge in [0.1, 0.15) is 11.9 Å². The van der Waals surface area contributed by atoms with Crippen molar-refractivity contribution in [2.24, 2.45) is 58.2 Å². The molecule has 0 aliphatic heterocycles. The van der Waals surface area contributed by atoms with Gasteiger partial charge in [0.2, 0.25) is 0 Å². The zero-order valence-corrected chi connectivity index (χ0v) is 28.0. The van der Waals surface area contributed by atoms with Crippen LogP contribution in [0.2, 0.25) is 0 Å². The Morgan fingerprint density at radius 1 is 1.02 bits per heavy atom. The molecule has 4 saturated carbocycles. The van der Waals surface area contributed by atoms with Crippen LogP contribution in [0.15, 0.2) is 30.5 Å². The Kier molecular flexibility index (Phi) is 8.79. The lowest BCUT2D eigenvalue weighted by Gasteiger charge is -2.61. The van der Waals surface area contributed by atoms with Crippen molar-refractivity contribution in [2.45, 2.75) is 117 Å². The molecule has 4 aliphatic carbocycles. The quantitative estimate of drug-likeness (QED) is 0.265. The number of esters is 1. The minimum absolute atomic E-state index is 0.00517. The SMILES string of the molecule is CC(C)[C@@H](C)[C@@H](O)[C@H](O)[C@@H](C)[C@H]1CC[C@H]2[C@@H]3CC(=O)[C@H]4C[C@H](O)[C@H](OC(=O)Cc5c[nH]c6ccccc56)C[C@]4(C)[C@H]3CC[C@]12C. The first-order valence-corrected chi connectivity index (χ1v) is 17.6. The molecular formula is C38H55NO6. The van der Waals surface area contributed by atoms with Crippen LogP contribution in [0.4, 0.5) is 0 Å². The normalized spacial score (nSPS) is 39.1. The molecule has 1 aromatic carbocycles. The zero-order chi connectivity index (χ0) is 32.4. The molecule has 1 aromatic heterocycles. The monoisotopic (exact) mass is 621 g/mol. The van der Waals surface area contributed by atoms with Gasteiger partial charge in [0.05, 0.1) is 24.7 Å². The molecule has 0 spiro atoms. The molecule has 7 heteroatoms. The summed E-state index contributed by atoms with van der Waals surface area (Å²) in [6.45, 7) is 12.9. The van der Waals surface area contributed by atoms with Crippen LogP contribution < -0.4 is 0 Å². The minimum Gasteiger partial charge on any atom is -0.459 e. The molecule has 0 unspecified atom stereocenters. The van der Waals surface area contributed by atoms with Crippen molar-refractivity contribution in [1.82, 2.24) is 4.98 Å². The van der Waals surface area contributed by atoms with Crippen molar-refractivity contribution < 1.29 is 29.6 Å². The second-order valence-electron chi connectivity index (χ2n) is 16.3. The molecule has 4 N–H and O–H groups in total. The van der Waals surface area contributed by atoms with Gasteiger partial charge < -0.3 is 25.0 Å². The molecule has 0 radical (unpaired) electrons. The Labute approximate surface area is 268 Å². The number of hydrogen-bond donors (Lipinski definition) is 4. The number of fused-ring (bicyclic) bond motifs is 6. The third-order valence-electron chi connectivity index (χ3n) is 13.9. The number of carbonyl (C=O) groups excluding carboxylic acids is 2. The van der Waals surface area contributed by atoms with Gasteiger partial charge in [-0.2, -0.15) is 0 Å². The molecule has 4 fully saturated rings. The van der Waals surface area contributed by atoms with Crippen LogP contribution in [0.1, 0.15) is 92.1 Å². The fraction of sp³-hybridized carbons (Fsp3) is 0.737. The van der Waals surface area contributed by atoms with Gasteiger partial charge in [-0.1, -0.05) is 59.7 Å². The fourth-order valence-corrected chi connectivity index (χ4v) is 11.0. The highest BCUT2D eigenvalue weighted by Crippen LogP contribution is 2.68. The standard InChI is InChI=1S/C38H55NO6/c1-20(2)21(3)35(43)36(44)22(4)26-11-12-27-25-16-31(40)29-17-32(41)33(18-38(29,6)28(25)13-14-37(26,27)5)45-34(42)15-23-19-39-30-10-8-7-9-24(23)30/h7-10,19-22,25-29,32-33,35-36,39,41,43-44H,11-18H2,1-6H3/t21-,22+,25+,26-,27+,28+,29-,32+,33-,35-,36-,37-,38-/m1/s1. The number of aromatic nitrogens is 1. The third kappa shape index (κ3) is 5.49. The van der Waals surface area contributed by atoms with Crippen LogP contribution in [0.3, 0.4) is 0 Å². The topological polar surface area (TPSA) is 120 Å². The third-order valence-corrected chi connectivity index (χ3v) is 13.9. The number of ether oxygens (including phenoxy) is 1. The van der Waals surface area contributed by atoms with Gasteiger partial charge in [0.25, 0.3) is 0 Å². The van der Waals surface area contributed by atoms with Crippen molar-refractivity contribution in [2.75, 3.05) is 0 Å². The van der Waals surface area contributed by atoms with E-state index in [4.69, 9.17) is 4.74 Å². The van der Waals surface area contributed by atoms with Crippen molar-refractivity contribution in [1.29, 1.82) is 0 Å². The highest BCUT2D eigenvalue weighted by atomic mass is 16.6. The molecule has 7 nitrogen and oxygen atoms in total. The maximum absolute atomic E-state index is 13.8. The number of H-pyrrole nitrogens is 1. The number of Topliss-reactive ketones (excluding diaryl/α,β-unsaturated/α-hetero) is 1. The van der Waals surface area contributed by atoms with E-state index in [9.17, 15) is 24.9 Å². The summed E-state index contributed by atoms with van der Waals surface area (Å²) in [7, 11) is 0. The summed E-state index contributed by atoms with van der Waals surface area (Å²) in [5.74, 6) is 1.22. The summed E-state index contributed by atoms with van der Waals surface area (Å²) in [5, 5.41) is 34.5. The first kappa shape index (κ1) is 32.7. The molecule has 6 rings (SSSR count). The van der Waals surface area contributed by atoms with Crippen LogP contribution in [0, 0.1) is 58.2 Å². The molecule has 0 amide bonds. The maximum Gasteiger partial charge on any atom is 0.310 e. The minimum atomic E-state index is -0.845. The molecule has 2 aromatic rings. The lowest BCUT2D eigenvalue weighted by atomic mass is 9.43. The van der Waals surface area contributed by atoms with E-state index in [0.29, 0.717) is 37.0 Å². The summed E-state index contributed by atoms with van der Waals surface area (Å²) in [6, 6.07) is 7.88. The number of para-hydroxylation sites is 1. The Morgan fingerprint density at radius 2 is 1.73 bits per heavy atom. The Bertz CT molecular complexity index is 1400. The van der Waals surface area contributed by atoms with Gasteiger partial charge >= 0.3 is 5.97 Å². The van der Waals surface area contributed by atoms with Gasteiger partial charge in [0.15, 0.2) is 0 Å². The summed E-state index contributed by atoms with van der Waals surface area (Å²) in [6.07, 6.45) is 4.47. The summed E-state index contributed by atoms with van der Waals surface area (Å²) in [4.78, 5) is 30.3. The van der Waals surface area contributed by atoms with Gasteiger partial charge in [-0.25, -0.2) is 0 Å². The van der Waals surface area contributed by atoms with E-state index in [-0.39, 0.29) is 58.6 Å². The smallest absolute Gasteiger partial charge is 0.310 e. The van der Waals surface area contributed by atoms with Gasteiger partial charge in [-0.15, -0.1) is 0 Å². The lowest BCUT2D eigenvalue weighted by molar-refractivity contribution is -0.187. The van der Waals surface area contributed by atoms with Gasteiger partial charge in [-0.3, -0.25) is 9.59 Å². The number of ketones is 1. The maximum atomic E-state index is 13.8. The van der Waals surface area contributed by atoms with E-state index in [1.54, 1.807) is 0 Å². The number of nitrogens with one attached hydrogen (secondary N) is 1. The molecule has 0 saturated heterocycles. The van der Waals surface area contributed by atoms with Crippen molar-refractivity contribution in [3.63, 3.8) is 0 Å². The second kappa shape index (κ2) is 12.1.